The first-order chi connectivity index (χ1) is 16.6. The molecule has 2 heterocycles. The summed E-state index contributed by atoms with van der Waals surface area (Å²) in [5.41, 5.74) is 3.42. The lowest BCUT2D eigenvalue weighted by Crippen LogP contribution is -2.29. The van der Waals surface area contributed by atoms with Crippen LogP contribution in [0.1, 0.15) is 44.4 Å². The Hall–Kier alpha value is -3.26. The summed E-state index contributed by atoms with van der Waals surface area (Å²) in [5.74, 6) is 1.92. The standard InChI is InChI=1S/C26H30N4O3S/c1-4-16-33-24(31)22-18(3)27-25-28-26(34-5-2)29-30(25)23(22)20-11-13-21(14-12-20)32-17-15-19-9-7-6-8-10-19/h6-14,23H,4-5,15-17H2,1-3H3,(H,27,28,29). The Morgan fingerprint density at radius 3 is 2.56 bits per heavy atom. The number of benzene rings is 2. The number of hydrogen-bond donors (Lipinski definition) is 1. The minimum Gasteiger partial charge on any atom is -0.493 e. The highest BCUT2D eigenvalue weighted by Gasteiger charge is 2.35. The van der Waals surface area contributed by atoms with Gasteiger partial charge >= 0.3 is 5.97 Å². The van der Waals surface area contributed by atoms with Gasteiger partial charge in [0.1, 0.15) is 11.8 Å². The molecule has 0 fully saturated rings. The third-order valence-corrected chi connectivity index (χ3v) is 6.18. The highest BCUT2D eigenvalue weighted by Crippen LogP contribution is 2.37. The molecule has 178 valence electrons. The number of fused-ring (bicyclic) bond motifs is 1. The first-order valence-corrected chi connectivity index (χ1v) is 12.6. The second-order valence-corrected chi connectivity index (χ2v) is 9.18. The SMILES string of the molecule is CCCOC(=O)C1=C(C)Nc2nc(SCC)nn2C1c1ccc(OCCc2ccccc2)cc1. The highest BCUT2D eigenvalue weighted by molar-refractivity contribution is 7.99. The minimum atomic E-state index is -0.433. The molecule has 1 aliphatic heterocycles. The molecule has 0 aliphatic carbocycles. The van der Waals surface area contributed by atoms with Gasteiger partial charge in [-0.15, -0.1) is 5.10 Å². The van der Waals surface area contributed by atoms with Crippen molar-refractivity contribution in [2.45, 2.75) is 44.8 Å². The van der Waals surface area contributed by atoms with Gasteiger partial charge < -0.3 is 14.8 Å². The normalized spacial score (nSPS) is 15.0. The van der Waals surface area contributed by atoms with Gasteiger partial charge in [0.2, 0.25) is 11.1 Å². The third-order valence-electron chi connectivity index (χ3n) is 5.46. The van der Waals surface area contributed by atoms with E-state index in [9.17, 15) is 4.79 Å². The van der Waals surface area contributed by atoms with Crippen molar-refractivity contribution in [1.29, 1.82) is 0 Å². The summed E-state index contributed by atoms with van der Waals surface area (Å²) in [6.45, 7) is 6.88. The first kappa shape index (κ1) is 23.9. The van der Waals surface area contributed by atoms with Gasteiger partial charge in [0.15, 0.2) is 0 Å². The molecule has 34 heavy (non-hydrogen) atoms. The summed E-state index contributed by atoms with van der Waals surface area (Å²) in [5, 5.41) is 8.59. The first-order valence-electron chi connectivity index (χ1n) is 11.6. The number of esters is 1. The van der Waals surface area contributed by atoms with Crippen LogP contribution in [0.25, 0.3) is 0 Å². The molecule has 0 amide bonds. The molecule has 0 bridgehead atoms. The summed E-state index contributed by atoms with van der Waals surface area (Å²) in [6, 6.07) is 17.7. The predicted molar refractivity (Wildman–Crippen MR) is 134 cm³/mol. The van der Waals surface area contributed by atoms with Crippen LogP contribution in [0.2, 0.25) is 0 Å². The number of hydrogen-bond acceptors (Lipinski definition) is 7. The molecule has 2 aromatic carbocycles. The molecule has 4 rings (SSSR count). The Morgan fingerprint density at radius 2 is 1.85 bits per heavy atom. The Balaban J connectivity index is 1.57. The van der Waals surface area contributed by atoms with E-state index < -0.39 is 6.04 Å². The van der Waals surface area contributed by atoms with Crippen LogP contribution < -0.4 is 10.1 Å². The van der Waals surface area contributed by atoms with E-state index in [1.54, 1.807) is 16.4 Å². The number of ether oxygens (including phenoxy) is 2. The maximum absolute atomic E-state index is 13.0. The molecule has 7 nitrogen and oxygen atoms in total. The van der Waals surface area contributed by atoms with Crippen LogP contribution in [0.15, 0.2) is 71.0 Å². The number of thioether (sulfide) groups is 1. The third kappa shape index (κ3) is 5.44. The second kappa shape index (κ2) is 11.2. The van der Waals surface area contributed by atoms with E-state index in [2.05, 4.69) is 34.5 Å². The Morgan fingerprint density at radius 1 is 1.09 bits per heavy atom. The smallest absolute Gasteiger partial charge is 0.338 e. The second-order valence-electron chi connectivity index (χ2n) is 7.95. The molecular weight excluding hydrogens is 448 g/mol. The zero-order chi connectivity index (χ0) is 23.9. The molecule has 1 aliphatic rings. The maximum atomic E-state index is 13.0. The van der Waals surface area contributed by atoms with Crippen molar-refractivity contribution in [2.75, 3.05) is 24.3 Å². The number of rotatable bonds is 10. The zero-order valence-electron chi connectivity index (χ0n) is 19.8. The molecule has 0 saturated heterocycles. The molecule has 8 heteroatoms. The minimum absolute atomic E-state index is 0.342. The highest BCUT2D eigenvalue weighted by atomic mass is 32.2. The number of anilines is 1. The van der Waals surface area contributed by atoms with Gasteiger partial charge in [-0.25, -0.2) is 9.48 Å². The van der Waals surface area contributed by atoms with Gasteiger partial charge in [-0.05, 0) is 42.4 Å². The quantitative estimate of drug-likeness (QED) is 0.315. The fourth-order valence-electron chi connectivity index (χ4n) is 3.84. The summed E-state index contributed by atoms with van der Waals surface area (Å²) in [7, 11) is 0. The van der Waals surface area contributed by atoms with E-state index >= 15 is 0 Å². The lowest BCUT2D eigenvalue weighted by Gasteiger charge is -2.28. The van der Waals surface area contributed by atoms with Gasteiger partial charge in [-0.1, -0.05) is 68.1 Å². The maximum Gasteiger partial charge on any atom is 0.338 e. The molecule has 0 radical (unpaired) electrons. The van der Waals surface area contributed by atoms with Gasteiger partial charge in [0.25, 0.3) is 0 Å². The number of carbonyl (C=O) groups is 1. The van der Waals surface area contributed by atoms with Crippen LogP contribution in [0, 0.1) is 0 Å². The van der Waals surface area contributed by atoms with Crippen molar-refractivity contribution in [2.24, 2.45) is 0 Å². The van der Waals surface area contributed by atoms with Crippen molar-refractivity contribution in [3.8, 4) is 5.75 Å². The number of carbonyl (C=O) groups excluding carboxylic acids is 1. The zero-order valence-corrected chi connectivity index (χ0v) is 20.6. The van der Waals surface area contributed by atoms with Crippen molar-refractivity contribution in [3.63, 3.8) is 0 Å². The molecule has 1 atom stereocenters. The number of nitrogens with one attached hydrogen (secondary N) is 1. The summed E-state index contributed by atoms with van der Waals surface area (Å²) < 4.78 is 13.2. The van der Waals surface area contributed by atoms with Crippen molar-refractivity contribution in [1.82, 2.24) is 14.8 Å². The Kier molecular flexibility index (Phi) is 7.90. The number of aromatic nitrogens is 3. The Bertz CT molecular complexity index is 1140. The van der Waals surface area contributed by atoms with Crippen LogP contribution in [0.5, 0.6) is 5.75 Å². The number of allylic oxidation sites excluding steroid dienone is 1. The lowest BCUT2D eigenvalue weighted by atomic mass is 9.96. The molecule has 0 spiro atoms. The van der Waals surface area contributed by atoms with Crippen LogP contribution in [-0.4, -0.2) is 39.7 Å². The summed E-state index contributed by atoms with van der Waals surface area (Å²) >= 11 is 1.56. The van der Waals surface area contributed by atoms with E-state index in [0.717, 1.165) is 35.6 Å². The predicted octanol–water partition coefficient (Wildman–Crippen LogP) is 5.25. The van der Waals surface area contributed by atoms with E-state index in [1.807, 2.05) is 56.3 Å². The van der Waals surface area contributed by atoms with Crippen molar-refractivity contribution >= 4 is 23.7 Å². The molecule has 1 aromatic heterocycles. The van der Waals surface area contributed by atoms with E-state index in [1.165, 1.54) is 5.56 Å². The van der Waals surface area contributed by atoms with E-state index in [-0.39, 0.29) is 5.97 Å². The fourth-order valence-corrected chi connectivity index (χ4v) is 4.40. The summed E-state index contributed by atoms with van der Waals surface area (Å²) in [6.07, 6.45) is 1.60. The van der Waals surface area contributed by atoms with Gasteiger partial charge in [0, 0.05) is 12.1 Å². The van der Waals surface area contributed by atoms with Crippen LogP contribution in [-0.2, 0) is 16.0 Å². The average Bonchev–Trinajstić information content (AvgIpc) is 3.25. The molecule has 3 aromatic rings. The average molecular weight is 479 g/mol. The summed E-state index contributed by atoms with van der Waals surface area (Å²) in [4.78, 5) is 17.6. The monoisotopic (exact) mass is 478 g/mol. The van der Waals surface area contributed by atoms with Crippen LogP contribution in [0.3, 0.4) is 0 Å². The fraction of sp³-hybridized carbons (Fsp3) is 0.346. The van der Waals surface area contributed by atoms with Crippen molar-refractivity contribution < 1.29 is 14.3 Å². The van der Waals surface area contributed by atoms with Gasteiger partial charge in [-0.3, -0.25) is 0 Å². The Labute approximate surface area is 204 Å². The topological polar surface area (TPSA) is 78.3 Å². The van der Waals surface area contributed by atoms with Crippen molar-refractivity contribution in [3.05, 3.63) is 77.0 Å². The van der Waals surface area contributed by atoms with E-state index in [0.29, 0.717) is 29.9 Å². The number of nitrogens with zero attached hydrogens (tertiary/aromatic N) is 3. The van der Waals surface area contributed by atoms with Gasteiger partial charge in [-0.2, -0.15) is 4.98 Å². The van der Waals surface area contributed by atoms with Crippen LogP contribution >= 0.6 is 11.8 Å². The molecule has 0 saturated carbocycles. The van der Waals surface area contributed by atoms with Crippen LogP contribution in [0.4, 0.5) is 5.95 Å². The largest absolute Gasteiger partial charge is 0.493 e. The van der Waals surface area contributed by atoms with Gasteiger partial charge in [0.05, 0.1) is 18.8 Å². The van der Waals surface area contributed by atoms with E-state index in [4.69, 9.17) is 9.47 Å². The lowest BCUT2D eigenvalue weighted by molar-refractivity contribution is -0.139. The molecule has 1 unspecified atom stereocenters. The molecular formula is C26H30N4O3S. The molecule has 1 N–H and O–H groups in total.